The third kappa shape index (κ3) is 3.57. The number of ether oxygens (including phenoxy) is 1. The number of sulfonamides is 1. The molecule has 0 bridgehead atoms. The van der Waals surface area contributed by atoms with Gasteiger partial charge in [-0.1, -0.05) is 85.3 Å². The highest BCUT2D eigenvalue weighted by Crippen LogP contribution is 2.79. The van der Waals surface area contributed by atoms with E-state index < -0.39 is 26.8 Å². The lowest BCUT2D eigenvalue weighted by Gasteiger charge is -2.27. The molecular weight excluding hydrogens is 460 g/mol. The van der Waals surface area contributed by atoms with Gasteiger partial charge in [0.2, 0.25) is 0 Å². The molecule has 0 unspecified atom stereocenters. The summed E-state index contributed by atoms with van der Waals surface area (Å²) in [6, 6.07) is 26.1. The molecule has 2 aliphatic rings. The molecule has 0 N–H and O–H groups in total. The summed E-state index contributed by atoms with van der Waals surface area (Å²) >= 11 is 0. The van der Waals surface area contributed by atoms with E-state index in [-0.39, 0.29) is 16.6 Å². The topological polar surface area (TPSA) is 76.0 Å². The lowest BCUT2D eigenvalue weighted by molar-refractivity contribution is -0.145. The van der Waals surface area contributed by atoms with Crippen LogP contribution in [0.2, 0.25) is 0 Å². The fourth-order valence-electron chi connectivity index (χ4n) is 5.81. The first-order valence-electron chi connectivity index (χ1n) is 11.6. The Kier molecular flexibility index (Phi) is 5.55. The summed E-state index contributed by atoms with van der Waals surface area (Å²) in [5.74, 6) is -0.435. The van der Waals surface area contributed by atoms with Crippen LogP contribution in [0.5, 0.6) is 0 Å². The van der Waals surface area contributed by atoms with Crippen LogP contribution in [-0.4, -0.2) is 38.8 Å². The van der Waals surface area contributed by atoms with Gasteiger partial charge in [0.25, 0.3) is 10.0 Å². The molecule has 1 aliphatic heterocycles. The maximum Gasteiger partial charge on any atom is 0.320 e. The van der Waals surface area contributed by atoms with E-state index in [1.807, 2.05) is 79.4 Å². The second kappa shape index (κ2) is 8.34. The number of likely N-dealkylation sites (tertiary alicyclic amines) is 1. The van der Waals surface area contributed by atoms with E-state index in [4.69, 9.17) is 4.74 Å². The van der Waals surface area contributed by atoms with Gasteiger partial charge in [-0.15, -0.1) is 4.40 Å². The number of aryl methyl sites for hydroxylation is 1. The van der Waals surface area contributed by atoms with Crippen LogP contribution in [0.3, 0.4) is 0 Å². The first-order valence-corrected chi connectivity index (χ1v) is 13.0. The number of carbonyl (C=O) groups excluding carboxylic acids is 1. The molecule has 3 aromatic carbocycles. The number of benzene rings is 3. The number of methoxy groups -OCH3 is 1. The number of hydrogen-bond donors (Lipinski definition) is 0. The molecule has 1 aliphatic carbocycles. The molecule has 5 rings (SSSR count). The molecule has 0 aromatic heterocycles. The van der Waals surface area contributed by atoms with Crippen LogP contribution in [-0.2, 0) is 26.1 Å². The molecule has 1 saturated carbocycles. The van der Waals surface area contributed by atoms with Gasteiger partial charge < -0.3 is 9.64 Å². The average Bonchev–Trinajstić information content (AvgIpc) is 3.33. The third-order valence-corrected chi connectivity index (χ3v) is 8.72. The van der Waals surface area contributed by atoms with E-state index in [0.29, 0.717) is 13.1 Å². The molecule has 0 amide bonds. The van der Waals surface area contributed by atoms with Gasteiger partial charge in [0, 0.05) is 24.4 Å². The summed E-state index contributed by atoms with van der Waals surface area (Å²) in [7, 11) is -2.71. The Bertz CT molecular complexity index is 1390. The fraction of sp³-hybridized carbons (Fsp3) is 0.286. The van der Waals surface area contributed by atoms with Crippen molar-refractivity contribution < 1.29 is 17.9 Å². The van der Waals surface area contributed by atoms with Crippen molar-refractivity contribution in [3.05, 3.63) is 102 Å². The predicted octanol–water partition coefficient (Wildman–Crippen LogP) is 4.56. The molecule has 180 valence electrons. The largest absolute Gasteiger partial charge is 0.468 e. The quantitative estimate of drug-likeness (QED) is 0.476. The minimum Gasteiger partial charge on any atom is -0.468 e. The van der Waals surface area contributed by atoms with E-state index in [1.165, 1.54) is 7.11 Å². The van der Waals surface area contributed by atoms with Crippen LogP contribution < -0.4 is 0 Å². The lowest BCUT2D eigenvalue weighted by Crippen LogP contribution is -2.38. The maximum absolute atomic E-state index is 13.5. The van der Waals surface area contributed by atoms with Crippen molar-refractivity contribution in [1.82, 2.24) is 4.90 Å². The molecule has 1 heterocycles. The normalized spacial score (nSPS) is 26.4. The van der Waals surface area contributed by atoms with Gasteiger partial charge in [0.1, 0.15) is 11.3 Å². The van der Waals surface area contributed by atoms with Crippen LogP contribution in [0.15, 0.2) is 94.2 Å². The first kappa shape index (κ1) is 23.3. The number of rotatable bonds is 6. The van der Waals surface area contributed by atoms with Crippen molar-refractivity contribution in [1.29, 1.82) is 0 Å². The predicted molar refractivity (Wildman–Crippen MR) is 134 cm³/mol. The standard InChI is InChI=1S/C28H28N2O4S/c1-20-14-16-23(17-15-20)35(32,33)29-25-28(26(31)34-3)24(22-12-8-5-9-13-22)27(28,2)19-30(25)18-21-10-6-4-7-11-21/h4-17,24H,18-19H2,1-3H3/b29-25+/t24-,27+,28+/m0/s1. The summed E-state index contributed by atoms with van der Waals surface area (Å²) in [4.78, 5) is 15.5. The van der Waals surface area contributed by atoms with Crippen molar-refractivity contribution in [2.24, 2.45) is 15.2 Å². The number of fused-ring (bicyclic) bond motifs is 1. The first-order chi connectivity index (χ1) is 16.7. The van der Waals surface area contributed by atoms with Gasteiger partial charge in [-0.3, -0.25) is 4.79 Å². The van der Waals surface area contributed by atoms with Crippen molar-refractivity contribution in [2.75, 3.05) is 13.7 Å². The Hall–Kier alpha value is -3.45. The number of esters is 1. The highest BCUT2D eigenvalue weighted by atomic mass is 32.2. The zero-order valence-corrected chi connectivity index (χ0v) is 20.8. The van der Waals surface area contributed by atoms with Crippen molar-refractivity contribution in [2.45, 2.75) is 31.2 Å². The molecule has 35 heavy (non-hydrogen) atoms. The Morgan fingerprint density at radius 1 is 1.00 bits per heavy atom. The van der Waals surface area contributed by atoms with Gasteiger partial charge >= 0.3 is 5.97 Å². The van der Waals surface area contributed by atoms with Gasteiger partial charge in [-0.05, 0) is 30.2 Å². The fourth-order valence-corrected chi connectivity index (χ4v) is 6.88. The number of carbonyl (C=O) groups is 1. The van der Waals surface area contributed by atoms with Crippen LogP contribution in [0.1, 0.15) is 29.5 Å². The Labute approximate surface area is 206 Å². The lowest BCUT2D eigenvalue weighted by atomic mass is 9.96. The summed E-state index contributed by atoms with van der Waals surface area (Å²) in [5.41, 5.74) is 1.19. The van der Waals surface area contributed by atoms with E-state index in [0.717, 1.165) is 16.7 Å². The summed E-state index contributed by atoms with van der Waals surface area (Å²) < 4.78 is 36.7. The molecule has 3 atom stereocenters. The minimum absolute atomic E-state index is 0.0980. The second-order valence-electron chi connectivity index (χ2n) is 9.61. The second-order valence-corrected chi connectivity index (χ2v) is 11.2. The smallest absolute Gasteiger partial charge is 0.320 e. The van der Waals surface area contributed by atoms with Crippen LogP contribution in [0.4, 0.5) is 0 Å². The Balaban J connectivity index is 1.68. The van der Waals surface area contributed by atoms with Crippen molar-refractivity contribution in [3.8, 4) is 0 Å². The van der Waals surface area contributed by atoms with Gasteiger partial charge in [-0.25, -0.2) is 0 Å². The summed E-state index contributed by atoms with van der Waals surface area (Å²) in [5, 5.41) is 0. The van der Waals surface area contributed by atoms with Gasteiger partial charge in [-0.2, -0.15) is 8.42 Å². The monoisotopic (exact) mass is 488 g/mol. The number of amidine groups is 1. The summed E-state index contributed by atoms with van der Waals surface area (Å²) in [6.45, 7) is 4.85. The third-order valence-electron chi connectivity index (χ3n) is 7.44. The molecule has 7 heteroatoms. The molecule has 0 radical (unpaired) electrons. The van der Waals surface area contributed by atoms with Crippen LogP contribution in [0, 0.1) is 17.8 Å². The highest BCUT2D eigenvalue weighted by Gasteiger charge is 2.86. The summed E-state index contributed by atoms with van der Waals surface area (Å²) in [6.07, 6.45) is 0. The molecular formula is C28H28N2O4S. The minimum atomic E-state index is -4.07. The highest BCUT2D eigenvalue weighted by molar-refractivity contribution is 7.90. The molecule has 1 saturated heterocycles. The van der Waals surface area contributed by atoms with Crippen molar-refractivity contribution >= 4 is 21.8 Å². The number of nitrogens with zero attached hydrogens (tertiary/aromatic N) is 2. The van der Waals surface area contributed by atoms with E-state index in [1.54, 1.807) is 24.3 Å². The van der Waals surface area contributed by atoms with E-state index >= 15 is 0 Å². The Morgan fingerprint density at radius 3 is 2.20 bits per heavy atom. The molecule has 2 fully saturated rings. The molecule has 3 aromatic rings. The number of hydrogen-bond acceptors (Lipinski definition) is 4. The zero-order valence-electron chi connectivity index (χ0n) is 20.0. The maximum atomic E-state index is 13.5. The van der Waals surface area contributed by atoms with E-state index in [2.05, 4.69) is 4.40 Å². The van der Waals surface area contributed by atoms with Crippen LogP contribution >= 0.6 is 0 Å². The number of piperidine rings is 1. The van der Waals surface area contributed by atoms with Gasteiger partial charge in [0.05, 0.1) is 12.0 Å². The molecule has 0 spiro atoms. The van der Waals surface area contributed by atoms with E-state index in [9.17, 15) is 13.2 Å². The van der Waals surface area contributed by atoms with Crippen LogP contribution in [0.25, 0.3) is 0 Å². The SMILES string of the molecule is COC(=O)[C@@]12/C(=N\S(=O)(=O)c3ccc(C)cc3)N(Cc3ccccc3)C[C@]1(C)[C@@H]2c1ccccc1. The average molecular weight is 489 g/mol. The molecule has 6 nitrogen and oxygen atoms in total. The zero-order chi connectivity index (χ0) is 24.8. The van der Waals surface area contributed by atoms with Crippen molar-refractivity contribution in [3.63, 3.8) is 0 Å². The van der Waals surface area contributed by atoms with Gasteiger partial charge in [0.15, 0.2) is 0 Å². The Morgan fingerprint density at radius 2 is 1.60 bits per heavy atom.